The van der Waals surface area contributed by atoms with E-state index in [-0.39, 0.29) is 6.61 Å². The molecule has 1 aromatic heterocycles. The third-order valence-corrected chi connectivity index (χ3v) is 4.48. The second-order valence-electron chi connectivity index (χ2n) is 4.99. The fourth-order valence-electron chi connectivity index (χ4n) is 2.58. The van der Waals surface area contributed by atoms with Crippen molar-refractivity contribution in [1.29, 1.82) is 0 Å². The lowest BCUT2D eigenvalue weighted by atomic mass is 10.00. The third-order valence-electron chi connectivity index (χ3n) is 3.55. The average molecular weight is 283 g/mol. The Bertz CT molecular complexity index is 650. The Balaban J connectivity index is 1.66. The van der Waals surface area contributed by atoms with Crippen LogP contribution in [0.25, 0.3) is 0 Å². The summed E-state index contributed by atoms with van der Waals surface area (Å²) in [6.45, 7) is 3.06. The van der Waals surface area contributed by atoms with E-state index in [1.807, 2.05) is 0 Å². The minimum Gasteiger partial charge on any atom is -0.384 e. The zero-order chi connectivity index (χ0) is 13.8. The van der Waals surface area contributed by atoms with Gasteiger partial charge in [0.25, 0.3) is 0 Å². The van der Waals surface area contributed by atoms with Gasteiger partial charge in [-0.25, -0.2) is 0 Å². The Morgan fingerprint density at radius 3 is 2.95 bits per heavy atom. The molecule has 3 heteroatoms. The molecule has 0 amide bonds. The minimum absolute atomic E-state index is 0.0753. The Kier molecular flexibility index (Phi) is 4.17. The van der Waals surface area contributed by atoms with Gasteiger partial charge in [-0.3, -0.25) is 4.90 Å². The Morgan fingerprint density at radius 1 is 1.25 bits per heavy atom. The second kappa shape index (κ2) is 6.23. The van der Waals surface area contributed by atoms with Crippen LogP contribution in [0.4, 0.5) is 0 Å². The molecule has 2 nitrogen and oxygen atoms in total. The predicted octanol–water partition coefficient (Wildman–Crippen LogP) is 2.65. The summed E-state index contributed by atoms with van der Waals surface area (Å²) in [6, 6.07) is 10.8. The van der Waals surface area contributed by atoms with Crippen molar-refractivity contribution < 1.29 is 5.11 Å². The standard InChI is InChI=1S/C17H17NOS/c19-9-3-4-14-10-17(20-13-14)12-18-8-7-15-5-1-2-6-16(15)11-18/h1-2,5-6,10,13,19H,7-9,11-12H2. The van der Waals surface area contributed by atoms with Gasteiger partial charge in [0, 0.05) is 35.5 Å². The molecule has 0 atom stereocenters. The highest BCUT2D eigenvalue weighted by molar-refractivity contribution is 7.10. The maximum absolute atomic E-state index is 8.71. The minimum atomic E-state index is -0.0753. The largest absolute Gasteiger partial charge is 0.384 e. The summed E-state index contributed by atoms with van der Waals surface area (Å²) in [4.78, 5) is 3.82. The molecule has 1 aromatic carbocycles. The zero-order valence-corrected chi connectivity index (χ0v) is 12.1. The zero-order valence-electron chi connectivity index (χ0n) is 11.3. The van der Waals surface area contributed by atoms with Crippen molar-refractivity contribution in [2.75, 3.05) is 13.2 Å². The van der Waals surface area contributed by atoms with E-state index in [2.05, 4.69) is 52.5 Å². The van der Waals surface area contributed by atoms with Gasteiger partial charge in [-0.05, 0) is 23.6 Å². The molecule has 1 N–H and O–H groups in total. The SMILES string of the molecule is OCC#Cc1csc(CN2CCc3ccccc3C2)c1. The van der Waals surface area contributed by atoms with E-state index >= 15 is 0 Å². The van der Waals surface area contributed by atoms with Crippen molar-refractivity contribution in [2.45, 2.75) is 19.5 Å². The summed E-state index contributed by atoms with van der Waals surface area (Å²) in [6.07, 6.45) is 1.14. The summed E-state index contributed by atoms with van der Waals surface area (Å²) < 4.78 is 0. The van der Waals surface area contributed by atoms with Gasteiger partial charge >= 0.3 is 0 Å². The molecule has 2 heterocycles. The van der Waals surface area contributed by atoms with E-state index in [0.717, 1.165) is 31.6 Å². The molecule has 20 heavy (non-hydrogen) atoms. The van der Waals surface area contributed by atoms with E-state index in [4.69, 9.17) is 5.11 Å². The first-order valence-corrected chi connectivity index (χ1v) is 7.69. The van der Waals surface area contributed by atoms with E-state index in [1.165, 1.54) is 16.0 Å². The maximum Gasteiger partial charge on any atom is 0.104 e. The van der Waals surface area contributed by atoms with Crippen molar-refractivity contribution in [3.8, 4) is 11.8 Å². The number of hydrogen-bond donors (Lipinski definition) is 1. The van der Waals surface area contributed by atoms with Gasteiger partial charge in [0.05, 0.1) is 0 Å². The first-order chi connectivity index (χ1) is 9.85. The number of hydrogen-bond acceptors (Lipinski definition) is 3. The maximum atomic E-state index is 8.71. The van der Waals surface area contributed by atoms with Crippen LogP contribution in [0.3, 0.4) is 0 Å². The van der Waals surface area contributed by atoms with E-state index < -0.39 is 0 Å². The number of aliphatic hydroxyl groups excluding tert-OH is 1. The third kappa shape index (κ3) is 3.10. The van der Waals surface area contributed by atoms with Crippen LogP contribution in [0.5, 0.6) is 0 Å². The molecule has 0 spiro atoms. The molecule has 0 saturated heterocycles. The molecule has 2 aromatic rings. The smallest absolute Gasteiger partial charge is 0.104 e. The number of thiophene rings is 1. The lowest BCUT2D eigenvalue weighted by Gasteiger charge is -2.28. The van der Waals surface area contributed by atoms with Crippen LogP contribution < -0.4 is 0 Å². The van der Waals surface area contributed by atoms with Crippen molar-refractivity contribution in [1.82, 2.24) is 4.90 Å². The average Bonchev–Trinajstić information content (AvgIpc) is 2.92. The quantitative estimate of drug-likeness (QED) is 0.857. The Labute approximate surface area is 123 Å². The first-order valence-electron chi connectivity index (χ1n) is 6.81. The van der Waals surface area contributed by atoms with Crippen molar-refractivity contribution in [2.24, 2.45) is 0 Å². The second-order valence-corrected chi connectivity index (χ2v) is 5.99. The molecule has 0 unspecified atom stereocenters. The van der Waals surface area contributed by atoms with Crippen LogP contribution in [-0.2, 0) is 19.5 Å². The summed E-state index contributed by atoms with van der Waals surface area (Å²) in [5.41, 5.74) is 3.96. The molecular formula is C17H17NOS. The topological polar surface area (TPSA) is 23.5 Å². The van der Waals surface area contributed by atoms with Gasteiger partial charge in [0.1, 0.15) is 6.61 Å². The van der Waals surface area contributed by atoms with Gasteiger partial charge in [-0.2, -0.15) is 0 Å². The summed E-state index contributed by atoms with van der Waals surface area (Å²) >= 11 is 1.75. The lowest BCUT2D eigenvalue weighted by Crippen LogP contribution is -2.29. The summed E-state index contributed by atoms with van der Waals surface area (Å²) in [5, 5.41) is 10.8. The van der Waals surface area contributed by atoms with Gasteiger partial charge in [0.15, 0.2) is 0 Å². The molecule has 0 fully saturated rings. The van der Waals surface area contributed by atoms with Gasteiger partial charge < -0.3 is 5.11 Å². The van der Waals surface area contributed by atoms with Crippen molar-refractivity contribution in [3.63, 3.8) is 0 Å². The molecule has 1 aliphatic heterocycles. The van der Waals surface area contributed by atoms with E-state index in [9.17, 15) is 0 Å². The number of nitrogens with zero attached hydrogens (tertiary/aromatic N) is 1. The van der Waals surface area contributed by atoms with Gasteiger partial charge in [-0.15, -0.1) is 11.3 Å². The fraction of sp³-hybridized carbons (Fsp3) is 0.294. The van der Waals surface area contributed by atoms with Crippen LogP contribution in [0, 0.1) is 11.8 Å². The molecule has 0 saturated carbocycles. The Morgan fingerprint density at radius 2 is 2.10 bits per heavy atom. The Hall–Kier alpha value is -1.60. The van der Waals surface area contributed by atoms with Crippen LogP contribution in [-0.4, -0.2) is 23.2 Å². The van der Waals surface area contributed by atoms with Crippen molar-refractivity contribution >= 4 is 11.3 Å². The van der Waals surface area contributed by atoms with Crippen LogP contribution >= 0.6 is 11.3 Å². The number of benzene rings is 1. The van der Waals surface area contributed by atoms with Gasteiger partial charge in [0.2, 0.25) is 0 Å². The van der Waals surface area contributed by atoms with E-state index in [1.54, 1.807) is 11.3 Å². The lowest BCUT2D eigenvalue weighted by molar-refractivity contribution is 0.248. The predicted molar refractivity (Wildman–Crippen MR) is 82.5 cm³/mol. The summed E-state index contributed by atoms with van der Waals surface area (Å²) in [5.74, 6) is 5.65. The highest BCUT2D eigenvalue weighted by Crippen LogP contribution is 2.22. The first kappa shape index (κ1) is 13.4. The number of rotatable bonds is 2. The monoisotopic (exact) mass is 283 g/mol. The highest BCUT2D eigenvalue weighted by atomic mass is 32.1. The fourth-order valence-corrected chi connectivity index (χ4v) is 3.44. The van der Waals surface area contributed by atoms with Crippen LogP contribution in [0.1, 0.15) is 21.6 Å². The molecule has 0 bridgehead atoms. The van der Waals surface area contributed by atoms with E-state index in [0.29, 0.717) is 0 Å². The molecule has 0 aliphatic carbocycles. The normalized spacial score (nSPS) is 14.4. The van der Waals surface area contributed by atoms with Crippen molar-refractivity contribution in [3.05, 3.63) is 57.3 Å². The van der Waals surface area contributed by atoms with Crippen LogP contribution in [0.15, 0.2) is 35.7 Å². The highest BCUT2D eigenvalue weighted by Gasteiger charge is 2.16. The van der Waals surface area contributed by atoms with Gasteiger partial charge in [-0.1, -0.05) is 36.1 Å². The number of fused-ring (bicyclic) bond motifs is 1. The molecule has 1 aliphatic rings. The number of aliphatic hydroxyl groups is 1. The summed E-state index contributed by atoms with van der Waals surface area (Å²) in [7, 11) is 0. The van der Waals surface area contributed by atoms with Crippen LogP contribution in [0.2, 0.25) is 0 Å². The molecular weight excluding hydrogens is 266 g/mol. The molecule has 3 rings (SSSR count). The molecule has 0 radical (unpaired) electrons. The molecule has 102 valence electrons.